The molecule has 13 heteroatoms. The first-order valence-corrected chi connectivity index (χ1v) is 60.2. The second-order valence-electron chi connectivity index (χ2n) is 53.6. The molecule has 5 N–H and O–H groups in total. The normalized spacial score (nSPS) is 44.3. The Kier molecular flexibility index (Phi) is 37.9. The van der Waals surface area contributed by atoms with Crippen LogP contribution in [0.25, 0.3) is 0 Å². The number of hydrogen-bond acceptors (Lipinski definition) is 9. The van der Waals surface area contributed by atoms with Crippen LogP contribution in [0.4, 0.5) is 0 Å². The zero-order chi connectivity index (χ0) is 97.2. The van der Waals surface area contributed by atoms with Crippen LogP contribution in [0.15, 0.2) is 161 Å². The SMILES string of the molecule is C.C.C.C.C.C/C=C1/CC[C@H]2[C@@H]3CC[C@@H]4C[C@](C)(O)CC[C@]4(C)C3=CC[C@]12C.CC(=O)[C@H]1CC[C@H]2[C@@H]3CC[C@@H]4C[C@](C)(O)CC[C@]4(C)C3=CC[C@]12C.CC(O)[C@H]1CC[C@H]2[C@@H]3CC[C@@H]4C[C@](C)(O)CC[C@]4(C)C3=CC[C@]12C.CCP(Br)(c1ccccc1)(c1ccccc1)c1ccccc1.C[C@@]1(O)CC[C@]2(C)C3=CC[C@]4(C)C(=O)CC[C@H]4[C@@H]3CC[C@@H]2C1.C[C@]12CCC(=O)C[C@H]1CC[C@@H]1C2=CC[C@]2(C)C(=O)CC[C@@H]12.[Br-].[CH3-].[Mg+2]. The molecule has 23 rings (SSSR count). The molecule has 1 unspecified atom stereocenters. The number of aliphatic hydroxyl groups is 5. The van der Waals surface area contributed by atoms with Gasteiger partial charge in [-0.25, -0.2) is 0 Å². The third-order valence-electron chi connectivity index (χ3n) is 46.3. The van der Waals surface area contributed by atoms with E-state index in [1.54, 1.807) is 40.4 Å². The van der Waals surface area contributed by atoms with Gasteiger partial charge in [-0.3, -0.25) is 19.2 Å². The van der Waals surface area contributed by atoms with Crippen LogP contribution in [0.2, 0.25) is 0 Å². The fraction of sp³-hybridized carbons (Fsp3) is 0.733. The van der Waals surface area contributed by atoms with E-state index in [0.717, 1.165) is 178 Å². The summed E-state index contributed by atoms with van der Waals surface area (Å²) in [5, 5.41) is 54.0. The van der Waals surface area contributed by atoms with E-state index in [-0.39, 0.29) is 124 Å². The van der Waals surface area contributed by atoms with E-state index in [1.165, 1.54) is 125 Å². The Bertz CT molecular complexity index is 5090. The number of rotatable bonds is 6. The topological polar surface area (TPSA) is 169 Å². The van der Waals surface area contributed by atoms with Crippen LogP contribution in [0, 0.1) is 162 Å². The summed E-state index contributed by atoms with van der Waals surface area (Å²) in [6.45, 7) is 40.6. The zero-order valence-electron chi connectivity index (χ0n) is 89.8. The number of ketones is 4. The van der Waals surface area contributed by atoms with Gasteiger partial charge in [-0.1, -0.05) is 176 Å². The predicted octanol–water partition coefficient (Wildman–Crippen LogP) is 28.7. The van der Waals surface area contributed by atoms with Gasteiger partial charge >= 0.3 is 164 Å². The summed E-state index contributed by atoms with van der Waals surface area (Å²) in [5.41, 5.74) is 10.7. The summed E-state index contributed by atoms with van der Waals surface area (Å²) in [6, 6.07) is 32.7. The molecule has 20 aliphatic rings. The minimum absolute atomic E-state index is 0. The van der Waals surface area contributed by atoms with Gasteiger partial charge in [0.15, 0.2) is 0 Å². The minimum atomic E-state index is -2.59. The van der Waals surface area contributed by atoms with Crippen LogP contribution in [0.5, 0.6) is 0 Å². The average molecular weight is 2140 g/mol. The second kappa shape index (κ2) is 44.5. The predicted molar refractivity (Wildman–Crippen MR) is 610 cm³/mol. The van der Waals surface area contributed by atoms with Crippen molar-refractivity contribution in [1.29, 1.82) is 0 Å². The number of Topliss-reactive ketones (excluding diaryl/α,β-unsaturated/α-hetero) is 4. The molecule has 802 valence electrons. The smallest absolute Gasteiger partial charge is 1.00 e. The Hall–Kier alpha value is -3.26. The van der Waals surface area contributed by atoms with E-state index < -0.39 is 27.7 Å². The molecule has 0 bridgehead atoms. The molecule has 3 aromatic rings. The standard InChI is InChI=1S/C22H36O2.C22H34O2.C22H34O.C20H20BrP.C20H30O2.C19H26O2.5CH4.CH3.BrH.Mg/c2*1-14(23)17-7-8-18-16-6-5-15-13-20(2,24)11-12-21(15,3)19(16)9-10-22(17,18)4;1-5-15-7-9-18-17-8-6-16-14-20(2,23)12-13-22(16,4)19(17)10-11-21(15,18)3;1-2-22(21,18-12-6-3-7-13-18,19-14-8-4-9-15-19)20-16-10-5-11-17-20;1-18(22)10-11-19(2)13(12-18)4-5-14-15-6-7-17(21)20(15,3)9-8-16(14)19;1-18-9-7-13(20)11-12(18)3-4-14-15-5-6-17(21)19(15,2)10-8-16(14)18;;;;;;;;/h9,14-18,23-24H,5-8,10-13H2,1-4H3;9,15-18,24H,5-8,10-13H2,1-4H3;5,10,16-18,23H,6-9,11-14H2,1-4H3;3-17H,2H2,1H3;8,13-15,22H,4-7,9-12H2,1-3H3;8,12,14-15H,3-7,9-11H2,1-2H3;5*1H4;1H3;1H;/q;;;;;;;;;;;-1;;+2/p-1/b;;15-5-;;;;;;;;;;;/t14?,15-,16+,17-,18+,20-,21+,22-;15-,16+,17-,18+,20-,21+,22-;16-,17+,18+,20-,21-,22+;;13-,14+,15+,18-,19+,20+;12-,14+,15+,18+,19+;;;;;;;;/m111.11......../s1. The number of allylic oxidation sites excluding steroid dienone is 12. The van der Waals surface area contributed by atoms with Gasteiger partial charge in [0, 0.05) is 42.4 Å². The molecule has 0 saturated heterocycles. The average Bonchev–Trinajstić information content (AvgIpc) is 1.37. The van der Waals surface area contributed by atoms with Crippen LogP contribution in [0.3, 0.4) is 0 Å². The van der Waals surface area contributed by atoms with Gasteiger partial charge in [0.05, 0.1) is 28.5 Å². The Morgan fingerprint density at radius 3 is 1.02 bits per heavy atom. The monoisotopic (exact) mass is 2130 g/mol. The minimum Gasteiger partial charge on any atom is -1.00 e. The Morgan fingerprint density at radius 1 is 0.382 bits per heavy atom. The van der Waals surface area contributed by atoms with Gasteiger partial charge in [-0.15, -0.1) is 0 Å². The van der Waals surface area contributed by atoms with Crippen LogP contribution in [0.1, 0.15) is 419 Å². The van der Waals surface area contributed by atoms with E-state index in [9.17, 15) is 44.7 Å². The molecule has 20 aliphatic carbocycles. The fourth-order valence-corrected chi connectivity index (χ4v) is 44.2. The summed E-state index contributed by atoms with van der Waals surface area (Å²) in [5.74, 6) is 12.8. The Labute approximate surface area is 913 Å². The van der Waals surface area contributed by atoms with Crippen LogP contribution in [-0.4, -0.2) is 106 Å². The molecule has 0 aliphatic heterocycles. The molecule has 0 spiro atoms. The molecular formula is C131H203Br2MgO9P. The van der Waals surface area contributed by atoms with Crippen molar-refractivity contribution in [3.63, 3.8) is 0 Å². The number of benzene rings is 3. The second-order valence-corrected chi connectivity index (χ2v) is 62.8. The molecule has 0 radical (unpaired) electrons. The number of halogens is 2. The van der Waals surface area contributed by atoms with Crippen molar-refractivity contribution in [3.05, 3.63) is 168 Å². The Morgan fingerprint density at radius 2 is 0.681 bits per heavy atom. The van der Waals surface area contributed by atoms with Crippen molar-refractivity contribution in [2.45, 2.75) is 447 Å². The zero-order valence-corrected chi connectivity index (χ0v) is 95.3. The Balaban J connectivity index is 0.000000175. The van der Waals surface area contributed by atoms with E-state index in [1.807, 2.05) is 27.7 Å². The van der Waals surface area contributed by atoms with E-state index in [4.69, 9.17) is 0 Å². The van der Waals surface area contributed by atoms with E-state index in [0.29, 0.717) is 121 Å². The molecule has 32 atom stereocenters. The van der Waals surface area contributed by atoms with Crippen LogP contribution < -0.4 is 32.9 Å². The largest absolute Gasteiger partial charge is 2.00 e. The van der Waals surface area contributed by atoms with Gasteiger partial charge in [0.1, 0.15) is 23.1 Å². The number of carbonyl (C=O) groups excluding carboxylic acids is 4. The van der Waals surface area contributed by atoms with Gasteiger partial charge in [-0.2, -0.15) is 0 Å². The van der Waals surface area contributed by atoms with Gasteiger partial charge < -0.3 is 49.9 Å². The molecule has 0 amide bonds. The maximum Gasteiger partial charge on any atom is 2.00 e. The van der Waals surface area contributed by atoms with E-state index in [2.05, 4.69) is 233 Å². The number of hydrogen-bond donors (Lipinski definition) is 5. The first-order valence-electron chi connectivity index (χ1n) is 55.8. The third kappa shape index (κ3) is 20.7. The first kappa shape index (κ1) is 123. The van der Waals surface area contributed by atoms with Crippen molar-refractivity contribution in [2.24, 2.45) is 155 Å². The van der Waals surface area contributed by atoms with Gasteiger partial charge in [-0.05, 0) is 418 Å². The first-order chi connectivity index (χ1) is 64.1. The summed E-state index contributed by atoms with van der Waals surface area (Å²) in [7, 11) is 0. The molecular weight excluding hydrogens is 1930 g/mol. The maximum atomic E-state index is 12.4. The summed E-state index contributed by atoms with van der Waals surface area (Å²) >= 11 is 4.35. The molecule has 15 saturated carbocycles. The van der Waals surface area contributed by atoms with Crippen molar-refractivity contribution in [3.8, 4) is 0 Å². The van der Waals surface area contributed by atoms with Crippen molar-refractivity contribution in [1.82, 2.24) is 0 Å². The molecule has 144 heavy (non-hydrogen) atoms. The molecule has 0 aromatic heterocycles. The van der Waals surface area contributed by atoms with Gasteiger partial charge in [0.2, 0.25) is 0 Å². The quantitative estimate of drug-likeness (QED) is 0.0698. The van der Waals surface area contributed by atoms with Gasteiger partial charge in [0.25, 0.3) is 0 Å². The molecule has 9 nitrogen and oxygen atoms in total. The maximum absolute atomic E-state index is 12.4. The molecule has 15 fully saturated rings. The van der Waals surface area contributed by atoms with E-state index >= 15 is 0 Å². The fourth-order valence-electron chi connectivity index (χ4n) is 37.7. The number of fused-ring (bicyclic) bond motifs is 25. The van der Waals surface area contributed by atoms with Crippen LogP contribution in [-0.2, 0) is 19.2 Å². The van der Waals surface area contributed by atoms with Crippen LogP contribution >= 0.6 is 20.8 Å². The number of carbonyl (C=O) groups is 4. The van der Waals surface area contributed by atoms with Crippen molar-refractivity contribution in [2.75, 3.05) is 6.16 Å². The molecule has 3 aromatic carbocycles. The summed E-state index contributed by atoms with van der Waals surface area (Å²) < 4.78 is 0. The summed E-state index contributed by atoms with van der Waals surface area (Å²) in [4.78, 5) is 48.7. The number of aliphatic hydroxyl groups excluding tert-OH is 1. The summed E-state index contributed by atoms with van der Waals surface area (Å²) in [6.07, 6.45) is 60.2. The van der Waals surface area contributed by atoms with Crippen molar-refractivity contribution < 1.29 is 61.7 Å². The molecule has 0 heterocycles. The van der Waals surface area contributed by atoms with Crippen molar-refractivity contribution >= 4 is 82.9 Å². The third-order valence-corrected chi connectivity index (χ3v) is 56.8.